The highest BCUT2D eigenvalue weighted by atomic mass is 35.5. The Morgan fingerprint density at radius 2 is 1.67 bits per heavy atom. The second kappa shape index (κ2) is 13.0. The van der Waals surface area contributed by atoms with E-state index in [-0.39, 0.29) is 52.0 Å². The van der Waals surface area contributed by atoms with Crippen LogP contribution >= 0.6 is 11.6 Å². The van der Waals surface area contributed by atoms with Gasteiger partial charge in [0.15, 0.2) is 0 Å². The highest BCUT2D eigenvalue weighted by molar-refractivity contribution is 7.89. The quantitative estimate of drug-likeness (QED) is 0.138. The fourth-order valence-corrected chi connectivity index (χ4v) is 6.49. The van der Waals surface area contributed by atoms with E-state index in [1.807, 2.05) is 0 Å². The zero-order valence-electron chi connectivity index (χ0n) is 24.4. The number of carbonyl (C=O) groups excluding carboxylic acids is 2. The highest BCUT2D eigenvalue weighted by Crippen LogP contribution is 2.38. The van der Waals surface area contributed by atoms with E-state index in [0.717, 1.165) is 30.2 Å². The van der Waals surface area contributed by atoms with Crippen LogP contribution in [0.15, 0.2) is 117 Å². The summed E-state index contributed by atoms with van der Waals surface area (Å²) in [4.78, 5) is 27.4. The average Bonchev–Trinajstić information content (AvgIpc) is 3.58. The van der Waals surface area contributed by atoms with E-state index in [2.05, 4.69) is 0 Å². The molecule has 1 aliphatic heterocycles. The molecule has 46 heavy (non-hydrogen) atoms. The first-order valence-electron chi connectivity index (χ1n) is 13.7. The van der Waals surface area contributed by atoms with Crippen LogP contribution in [0.2, 0.25) is 5.02 Å². The molecule has 0 aliphatic carbocycles. The van der Waals surface area contributed by atoms with Crippen molar-refractivity contribution < 1.29 is 40.3 Å². The van der Waals surface area contributed by atoms with Crippen molar-refractivity contribution in [2.45, 2.75) is 31.1 Å². The van der Waals surface area contributed by atoms with Crippen LogP contribution in [0.25, 0.3) is 6.08 Å². The molecule has 1 amide bonds. The summed E-state index contributed by atoms with van der Waals surface area (Å²) in [6.07, 6.45) is -3.38. The van der Waals surface area contributed by atoms with Crippen molar-refractivity contribution in [3.63, 3.8) is 0 Å². The number of amides is 1. The predicted molar refractivity (Wildman–Crippen MR) is 165 cm³/mol. The van der Waals surface area contributed by atoms with Crippen LogP contribution in [0, 0.1) is 0 Å². The molecular weight excluding hydrogens is 645 g/mol. The lowest BCUT2D eigenvalue weighted by Gasteiger charge is -2.21. The van der Waals surface area contributed by atoms with Gasteiger partial charge in [-0.1, -0.05) is 48.0 Å². The lowest BCUT2D eigenvalue weighted by Crippen LogP contribution is -2.30. The molecule has 13 heteroatoms. The summed E-state index contributed by atoms with van der Waals surface area (Å²) in [5.41, 5.74) is -0.640. The van der Waals surface area contributed by atoms with Gasteiger partial charge in [-0.05, 0) is 73.2 Å². The maximum Gasteiger partial charge on any atom is 0.416 e. The Morgan fingerprint density at radius 3 is 2.33 bits per heavy atom. The molecule has 0 bridgehead atoms. The normalized spacial score (nSPS) is 14.9. The number of carbonyl (C=O) groups is 2. The molecule has 1 aliphatic rings. The van der Waals surface area contributed by atoms with Crippen LogP contribution in [0.3, 0.4) is 0 Å². The fraction of sp³-hybridized carbons (Fsp3) is 0.152. The number of esters is 1. The first kappa shape index (κ1) is 32.7. The number of alkyl halides is 3. The number of methoxy groups -OCH3 is 1. The summed E-state index contributed by atoms with van der Waals surface area (Å²) in [7, 11) is -2.88. The number of ether oxygens (including phenoxy) is 1. The van der Waals surface area contributed by atoms with Crippen molar-refractivity contribution in [1.29, 1.82) is 0 Å². The number of allylic oxidation sites excluding steroid dienone is 1. The van der Waals surface area contributed by atoms with Gasteiger partial charge >= 0.3 is 12.1 Å². The number of nitrogens with zero attached hydrogens (tertiary/aromatic N) is 2. The Hall–Kier alpha value is -4.65. The van der Waals surface area contributed by atoms with E-state index in [0.29, 0.717) is 10.6 Å². The second-order valence-corrected chi connectivity index (χ2v) is 12.6. The summed E-state index contributed by atoms with van der Waals surface area (Å²) in [6, 6.07) is 21.8. The molecule has 1 aromatic heterocycles. The molecule has 4 aromatic rings. The number of sulfonamides is 1. The van der Waals surface area contributed by atoms with Crippen molar-refractivity contribution in [3.8, 4) is 0 Å². The highest BCUT2D eigenvalue weighted by Gasteiger charge is 2.39. The van der Waals surface area contributed by atoms with E-state index in [9.17, 15) is 31.2 Å². The molecule has 0 unspecified atom stereocenters. The lowest BCUT2D eigenvalue weighted by atomic mass is 10.1. The zero-order valence-corrected chi connectivity index (χ0v) is 26.0. The number of benzene rings is 3. The van der Waals surface area contributed by atoms with Crippen LogP contribution in [-0.2, 0) is 43.6 Å². The summed E-state index contributed by atoms with van der Waals surface area (Å²) in [5, 5.41) is 0.494. The smallest absolute Gasteiger partial charge is 0.416 e. The van der Waals surface area contributed by atoms with E-state index in [4.69, 9.17) is 20.8 Å². The van der Waals surface area contributed by atoms with Crippen molar-refractivity contribution in [3.05, 3.63) is 136 Å². The molecule has 0 saturated carbocycles. The molecule has 2 heterocycles. The Morgan fingerprint density at radius 1 is 0.978 bits per heavy atom. The van der Waals surface area contributed by atoms with Gasteiger partial charge < -0.3 is 9.15 Å². The van der Waals surface area contributed by atoms with Crippen molar-refractivity contribution >= 4 is 45.3 Å². The third-order valence-corrected chi connectivity index (χ3v) is 9.23. The van der Waals surface area contributed by atoms with Gasteiger partial charge in [-0.2, -0.15) is 17.5 Å². The van der Waals surface area contributed by atoms with Crippen molar-refractivity contribution in [2.75, 3.05) is 12.0 Å². The van der Waals surface area contributed by atoms with Crippen LogP contribution in [0.4, 0.5) is 18.9 Å². The Kier molecular flexibility index (Phi) is 9.24. The average molecular weight is 671 g/mol. The summed E-state index contributed by atoms with van der Waals surface area (Å²) in [6.45, 7) is 1.22. The molecular formula is C33H26ClF3N2O6S. The van der Waals surface area contributed by atoms with Crippen molar-refractivity contribution in [1.82, 2.24) is 4.31 Å². The van der Waals surface area contributed by atoms with Gasteiger partial charge in [0.25, 0.3) is 5.91 Å². The summed E-state index contributed by atoms with van der Waals surface area (Å²) < 4.78 is 79.6. The predicted octanol–water partition coefficient (Wildman–Crippen LogP) is 7.22. The van der Waals surface area contributed by atoms with Gasteiger partial charge in [0, 0.05) is 23.0 Å². The molecule has 3 aromatic carbocycles. The molecule has 238 valence electrons. The SMILES string of the molecule is COC(=O)C1=C(C)N(c2cccc(C(F)(F)F)c2)C(=O)/C1=C\c1ccc(CN(Cc2ccc(Cl)cc2)S(=O)(=O)c2ccccc2)o1. The molecule has 8 nitrogen and oxygen atoms in total. The summed E-state index contributed by atoms with van der Waals surface area (Å²) >= 11 is 6.01. The third-order valence-electron chi connectivity index (χ3n) is 7.18. The number of halogens is 4. The van der Waals surface area contributed by atoms with Crippen LogP contribution in [0.1, 0.15) is 29.6 Å². The van der Waals surface area contributed by atoms with E-state index < -0.39 is 33.6 Å². The maximum atomic E-state index is 13.6. The Bertz CT molecular complexity index is 1950. The van der Waals surface area contributed by atoms with Gasteiger partial charge in [0.1, 0.15) is 11.5 Å². The largest absolute Gasteiger partial charge is 0.465 e. The number of anilines is 1. The first-order valence-corrected chi connectivity index (χ1v) is 15.5. The Labute approximate surface area is 268 Å². The number of furan rings is 1. The van der Waals surface area contributed by atoms with Crippen molar-refractivity contribution in [2.24, 2.45) is 0 Å². The van der Waals surface area contributed by atoms with Crippen LogP contribution in [0.5, 0.6) is 0 Å². The van der Waals surface area contributed by atoms with E-state index in [1.54, 1.807) is 42.5 Å². The van der Waals surface area contributed by atoms with Crippen LogP contribution < -0.4 is 4.90 Å². The number of rotatable bonds is 9. The van der Waals surface area contributed by atoms with Gasteiger partial charge in [-0.15, -0.1) is 0 Å². The molecule has 0 radical (unpaired) electrons. The van der Waals surface area contributed by atoms with Crippen LogP contribution in [-0.4, -0.2) is 31.7 Å². The molecule has 0 fully saturated rings. The minimum atomic E-state index is -4.65. The zero-order chi connectivity index (χ0) is 33.2. The van der Waals surface area contributed by atoms with Gasteiger partial charge in [0.2, 0.25) is 10.0 Å². The molecule has 0 N–H and O–H groups in total. The minimum Gasteiger partial charge on any atom is -0.465 e. The monoisotopic (exact) mass is 670 g/mol. The standard InChI is InChI=1S/C33H26ClF3N2O6S/c1-21-30(32(41)44-2)29(31(40)39(21)25-8-6-7-23(17-25)33(35,36)37)18-26-15-16-27(45-26)20-38(19-22-11-13-24(34)14-12-22)46(42,43)28-9-4-3-5-10-28/h3-18H,19-20H2,1-2H3/b29-18-. The third kappa shape index (κ3) is 6.79. The van der Waals surface area contributed by atoms with E-state index in [1.165, 1.54) is 47.6 Å². The Balaban J connectivity index is 1.49. The van der Waals surface area contributed by atoms with E-state index >= 15 is 0 Å². The number of hydrogen-bond donors (Lipinski definition) is 0. The number of hydrogen-bond acceptors (Lipinski definition) is 6. The summed E-state index contributed by atoms with van der Waals surface area (Å²) in [5.74, 6) is -1.32. The molecule has 0 spiro atoms. The van der Waals surface area contributed by atoms with Gasteiger partial charge in [-0.25, -0.2) is 13.2 Å². The fourth-order valence-electron chi connectivity index (χ4n) is 4.95. The molecule has 0 atom stereocenters. The van der Waals surface area contributed by atoms with Gasteiger partial charge in [0.05, 0.1) is 35.3 Å². The molecule has 5 rings (SSSR count). The topological polar surface area (TPSA) is 97.1 Å². The maximum absolute atomic E-state index is 13.6. The minimum absolute atomic E-state index is 0.00955. The lowest BCUT2D eigenvalue weighted by molar-refractivity contribution is -0.137. The van der Waals surface area contributed by atoms with Gasteiger partial charge in [-0.3, -0.25) is 9.69 Å². The molecule has 0 saturated heterocycles. The first-order chi connectivity index (χ1) is 21.8. The second-order valence-electron chi connectivity index (χ2n) is 10.2.